The van der Waals surface area contributed by atoms with Gasteiger partial charge in [-0.05, 0) is 38.1 Å². The smallest absolute Gasteiger partial charge is 0.246 e. The Labute approximate surface area is 181 Å². The number of rotatable bonds is 7. The molecule has 0 aliphatic rings. The molecular formula is C24H27FN4O2. The summed E-state index contributed by atoms with van der Waals surface area (Å²) in [6.45, 7) is 7.29. The van der Waals surface area contributed by atoms with Crippen molar-refractivity contribution in [2.24, 2.45) is 5.92 Å². The number of carbonyl (C=O) groups is 2. The molecule has 1 N–H and O–H groups in total. The van der Waals surface area contributed by atoms with Crippen molar-refractivity contribution in [3.8, 4) is 16.9 Å². The second kappa shape index (κ2) is 9.55. The predicted octanol–water partition coefficient (Wildman–Crippen LogP) is 4.51. The molecule has 2 aromatic carbocycles. The molecule has 0 radical (unpaired) electrons. The minimum Gasteiger partial charge on any atom is -0.331 e. The van der Waals surface area contributed by atoms with E-state index in [9.17, 15) is 14.0 Å². The van der Waals surface area contributed by atoms with E-state index in [1.807, 2.05) is 58.0 Å². The summed E-state index contributed by atoms with van der Waals surface area (Å²) in [4.78, 5) is 31.4. The molecule has 0 fully saturated rings. The van der Waals surface area contributed by atoms with Crippen LogP contribution in [0.5, 0.6) is 0 Å². The molecule has 0 aliphatic carbocycles. The molecule has 0 saturated carbocycles. The van der Waals surface area contributed by atoms with Gasteiger partial charge < -0.3 is 4.90 Å². The van der Waals surface area contributed by atoms with Crippen molar-refractivity contribution >= 4 is 17.8 Å². The van der Waals surface area contributed by atoms with Crippen molar-refractivity contribution in [1.29, 1.82) is 0 Å². The molecule has 31 heavy (non-hydrogen) atoms. The van der Waals surface area contributed by atoms with Crippen LogP contribution in [-0.2, 0) is 9.59 Å². The number of carbonyl (C=O) groups excluding carboxylic acids is 2. The third kappa shape index (κ3) is 5.36. The van der Waals surface area contributed by atoms with E-state index >= 15 is 0 Å². The molecule has 0 aliphatic heterocycles. The number of halogens is 1. The van der Waals surface area contributed by atoms with Gasteiger partial charge in [0.1, 0.15) is 12.4 Å². The lowest BCUT2D eigenvalue weighted by atomic mass is 10.1. The highest BCUT2D eigenvalue weighted by Gasteiger charge is 2.23. The summed E-state index contributed by atoms with van der Waals surface area (Å²) in [5.74, 6) is -0.692. The van der Waals surface area contributed by atoms with Crippen molar-refractivity contribution in [3.05, 3.63) is 66.6 Å². The Hall–Kier alpha value is -3.48. The SMILES string of the molecule is CC(C)C(=O)N(CC(=O)Nc1nc(-c2ccccc2)cn1-c1ccc(F)cc1)C(C)C. The van der Waals surface area contributed by atoms with Crippen LogP contribution in [0.3, 0.4) is 0 Å². The van der Waals surface area contributed by atoms with E-state index in [1.54, 1.807) is 27.8 Å². The van der Waals surface area contributed by atoms with Crippen molar-refractivity contribution < 1.29 is 14.0 Å². The predicted molar refractivity (Wildman–Crippen MR) is 119 cm³/mol. The molecule has 1 heterocycles. The molecule has 0 spiro atoms. The molecule has 0 bridgehead atoms. The lowest BCUT2D eigenvalue weighted by Gasteiger charge is -2.27. The first kappa shape index (κ1) is 22.2. The largest absolute Gasteiger partial charge is 0.331 e. The van der Waals surface area contributed by atoms with E-state index in [4.69, 9.17) is 0 Å². The average Bonchev–Trinajstić information content (AvgIpc) is 3.16. The number of nitrogens with zero attached hydrogens (tertiary/aromatic N) is 3. The standard InChI is InChI=1S/C24H27FN4O2/c1-16(2)23(31)28(17(3)4)15-22(30)27-24-26-21(18-8-6-5-7-9-18)14-29(24)20-12-10-19(25)11-13-20/h5-14,16-17H,15H2,1-4H3,(H,26,27,30). The van der Waals surface area contributed by atoms with Crippen LogP contribution >= 0.6 is 0 Å². The molecule has 1 aromatic heterocycles. The zero-order valence-corrected chi connectivity index (χ0v) is 18.2. The molecule has 3 aromatic rings. The van der Waals surface area contributed by atoms with Crippen molar-refractivity contribution in [1.82, 2.24) is 14.5 Å². The summed E-state index contributed by atoms with van der Waals surface area (Å²) in [5, 5.41) is 2.82. The summed E-state index contributed by atoms with van der Waals surface area (Å²) < 4.78 is 15.1. The summed E-state index contributed by atoms with van der Waals surface area (Å²) in [7, 11) is 0. The van der Waals surface area contributed by atoms with E-state index < -0.39 is 0 Å². The van der Waals surface area contributed by atoms with Gasteiger partial charge in [0.05, 0.1) is 5.69 Å². The van der Waals surface area contributed by atoms with Crippen LogP contribution in [0.4, 0.5) is 10.3 Å². The second-order valence-electron chi connectivity index (χ2n) is 7.92. The number of benzene rings is 2. The van der Waals surface area contributed by atoms with Gasteiger partial charge in [0.25, 0.3) is 0 Å². The van der Waals surface area contributed by atoms with Crippen LogP contribution in [-0.4, -0.2) is 38.9 Å². The molecule has 0 atom stereocenters. The number of nitrogens with one attached hydrogen (secondary N) is 1. The highest BCUT2D eigenvalue weighted by molar-refractivity contribution is 5.94. The molecule has 6 nitrogen and oxygen atoms in total. The molecule has 162 valence electrons. The van der Waals surface area contributed by atoms with E-state index in [0.29, 0.717) is 17.3 Å². The Bertz CT molecular complexity index is 1040. The zero-order valence-electron chi connectivity index (χ0n) is 18.2. The maximum Gasteiger partial charge on any atom is 0.246 e. The van der Waals surface area contributed by atoms with Crippen LogP contribution in [0.15, 0.2) is 60.8 Å². The first-order valence-electron chi connectivity index (χ1n) is 10.3. The highest BCUT2D eigenvalue weighted by atomic mass is 19.1. The first-order valence-corrected chi connectivity index (χ1v) is 10.3. The topological polar surface area (TPSA) is 67.2 Å². The van der Waals surface area contributed by atoms with Crippen molar-refractivity contribution in [3.63, 3.8) is 0 Å². The summed E-state index contributed by atoms with van der Waals surface area (Å²) >= 11 is 0. The molecule has 3 rings (SSSR count). The van der Waals surface area contributed by atoms with Crippen LogP contribution in [0.25, 0.3) is 16.9 Å². The summed E-state index contributed by atoms with van der Waals surface area (Å²) in [6.07, 6.45) is 1.79. The maximum atomic E-state index is 13.4. The highest BCUT2D eigenvalue weighted by Crippen LogP contribution is 2.24. The second-order valence-corrected chi connectivity index (χ2v) is 7.92. The van der Waals surface area contributed by atoms with Gasteiger partial charge in [-0.1, -0.05) is 44.2 Å². The summed E-state index contributed by atoms with van der Waals surface area (Å²) in [6, 6.07) is 15.4. The van der Waals surface area contributed by atoms with Crippen LogP contribution in [0, 0.1) is 11.7 Å². The maximum absolute atomic E-state index is 13.4. The van der Waals surface area contributed by atoms with Crippen molar-refractivity contribution in [2.45, 2.75) is 33.7 Å². The fourth-order valence-electron chi connectivity index (χ4n) is 3.18. The summed E-state index contributed by atoms with van der Waals surface area (Å²) in [5.41, 5.74) is 2.21. The van der Waals surface area contributed by atoms with Gasteiger partial charge in [0.2, 0.25) is 17.8 Å². The number of aromatic nitrogens is 2. The van der Waals surface area contributed by atoms with Gasteiger partial charge in [-0.25, -0.2) is 9.37 Å². The Balaban J connectivity index is 1.91. The monoisotopic (exact) mass is 422 g/mol. The van der Waals surface area contributed by atoms with Crippen molar-refractivity contribution in [2.75, 3.05) is 11.9 Å². The third-order valence-electron chi connectivity index (χ3n) is 4.85. The number of imidazole rings is 1. The lowest BCUT2D eigenvalue weighted by molar-refractivity contribution is -0.139. The van der Waals surface area contributed by atoms with E-state index in [-0.39, 0.29) is 36.1 Å². The molecule has 7 heteroatoms. The number of hydrogen-bond donors (Lipinski definition) is 1. The van der Waals surface area contributed by atoms with Crippen LogP contribution in [0.2, 0.25) is 0 Å². The Morgan fingerprint density at radius 2 is 1.68 bits per heavy atom. The van der Waals surface area contributed by atoms with Gasteiger partial charge in [0, 0.05) is 29.4 Å². The van der Waals surface area contributed by atoms with E-state index in [1.165, 1.54) is 12.1 Å². The van der Waals surface area contributed by atoms with Crippen LogP contribution < -0.4 is 5.32 Å². The molecule has 0 saturated heterocycles. The van der Waals surface area contributed by atoms with Crippen LogP contribution in [0.1, 0.15) is 27.7 Å². The fraction of sp³-hybridized carbons (Fsp3) is 0.292. The third-order valence-corrected chi connectivity index (χ3v) is 4.85. The van der Waals surface area contributed by atoms with Gasteiger partial charge in [-0.15, -0.1) is 0 Å². The number of anilines is 1. The Morgan fingerprint density at radius 1 is 1.03 bits per heavy atom. The van der Waals surface area contributed by atoms with Gasteiger partial charge in [0.15, 0.2) is 0 Å². The van der Waals surface area contributed by atoms with E-state index in [2.05, 4.69) is 10.3 Å². The van der Waals surface area contributed by atoms with Gasteiger partial charge in [-0.2, -0.15) is 0 Å². The normalized spacial score (nSPS) is 11.1. The van der Waals surface area contributed by atoms with E-state index in [0.717, 1.165) is 5.56 Å². The first-order chi connectivity index (χ1) is 14.8. The lowest BCUT2D eigenvalue weighted by Crippen LogP contribution is -2.44. The van der Waals surface area contributed by atoms with Gasteiger partial charge in [-0.3, -0.25) is 19.5 Å². The zero-order chi connectivity index (χ0) is 22.5. The molecular weight excluding hydrogens is 395 g/mol. The Kier molecular flexibility index (Phi) is 6.84. The Morgan fingerprint density at radius 3 is 2.26 bits per heavy atom. The number of amides is 2. The molecule has 0 unspecified atom stereocenters. The van der Waals surface area contributed by atoms with Gasteiger partial charge >= 0.3 is 0 Å². The molecule has 2 amide bonds. The average molecular weight is 423 g/mol. The quantitative estimate of drug-likeness (QED) is 0.609. The minimum absolute atomic E-state index is 0.0777. The minimum atomic E-state index is -0.351. The number of hydrogen-bond acceptors (Lipinski definition) is 3. The fourth-order valence-corrected chi connectivity index (χ4v) is 3.18.